The molecule has 0 bridgehead atoms. The number of aryl methyl sites for hydroxylation is 2. The Morgan fingerprint density at radius 3 is 2.50 bits per heavy atom. The number of hydrogen-bond donors (Lipinski definition) is 1. The molecule has 4 rings (SSSR count). The van der Waals surface area contributed by atoms with Crippen molar-refractivity contribution in [2.45, 2.75) is 25.2 Å². The Hall–Kier alpha value is -2.84. The Bertz CT molecular complexity index is 1270. The molecule has 0 saturated carbocycles. The van der Waals surface area contributed by atoms with Gasteiger partial charge in [-0.15, -0.1) is 0 Å². The molecule has 1 aliphatic heterocycles. The Morgan fingerprint density at radius 1 is 1.03 bits per heavy atom. The maximum Gasteiger partial charge on any atom is 0.264 e. The summed E-state index contributed by atoms with van der Waals surface area (Å²) in [5.74, 6) is 0.290. The number of halogens is 1. The molecule has 0 aromatic heterocycles. The van der Waals surface area contributed by atoms with Crippen molar-refractivity contribution < 1.29 is 17.9 Å². The van der Waals surface area contributed by atoms with Gasteiger partial charge in [-0.25, -0.2) is 8.42 Å². The van der Waals surface area contributed by atoms with E-state index >= 15 is 0 Å². The lowest BCUT2D eigenvalue weighted by Gasteiger charge is -2.18. The Balaban J connectivity index is 1.39. The molecule has 1 amide bonds. The molecule has 166 valence electrons. The summed E-state index contributed by atoms with van der Waals surface area (Å²) in [7, 11) is -3.73. The Morgan fingerprint density at radius 2 is 1.78 bits per heavy atom. The molecule has 3 aromatic rings. The number of hydrogen-bond acceptors (Lipinski definition) is 4. The summed E-state index contributed by atoms with van der Waals surface area (Å²) in [6.45, 7) is 4.40. The van der Waals surface area contributed by atoms with Crippen molar-refractivity contribution in [3.63, 3.8) is 0 Å². The molecular weight excluding hydrogens is 492 g/mol. The van der Waals surface area contributed by atoms with Crippen LogP contribution in [0.1, 0.15) is 16.7 Å². The van der Waals surface area contributed by atoms with Crippen molar-refractivity contribution in [1.82, 2.24) is 0 Å². The monoisotopic (exact) mass is 514 g/mol. The predicted octanol–water partition coefficient (Wildman–Crippen LogP) is 4.83. The van der Waals surface area contributed by atoms with Crippen molar-refractivity contribution in [2.75, 3.05) is 22.8 Å². The molecular formula is C24H23BrN2O4S. The lowest BCUT2D eigenvalue weighted by Crippen LogP contribution is -2.33. The SMILES string of the molecule is Cc1ccc(NS(=O)(=O)c2ccc(OCC(=O)N3CCc4cc(Br)ccc43)cc2)cc1C. The first-order valence-electron chi connectivity index (χ1n) is 10.1. The van der Waals surface area contributed by atoms with Gasteiger partial charge in [0.15, 0.2) is 6.61 Å². The zero-order valence-corrected chi connectivity index (χ0v) is 20.2. The topological polar surface area (TPSA) is 75.7 Å². The molecule has 1 N–H and O–H groups in total. The molecule has 0 aliphatic carbocycles. The minimum atomic E-state index is -3.73. The van der Waals surface area contributed by atoms with Crippen molar-refractivity contribution in [3.05, 3.63) is 81.8 Å². The van der Waals surface area contributed by atoms with Crippen molar-refractivity contribution in [1.29, 1.82) is 0 Å². The van der Waals surface area contributed by atoms with Crippen LogP contribution in [0.5, 0.6) is 5.75 Å². The first-order chi connectivity index (χ1) is 15.2. The van der Waals surface area contributed by atoms with E-state index in [0.29, 0.717) is 18.0 Å². The quantitative estimate of drug-likeness (QED) is 0.510. The maximum absolute atomic E-state index is 12.7. The number of fused-ring (bicyclic) bond motifs is 1. The van der Waals surface area contributed by atoms with Crippen molar-refractivity contribution >= 4 is 43.2 Å². The van der Waals surface area contributed by atoms with Crippen LogP contribution >= 0.6 is 15.9 Å². The fourth-order valence-electron chi connectivity index (χ4n) is 3.59. The average molecular weight is 515 g/mol. The van der Waals surface area contributed by atoms with Gasteiger partial charge in [0, 0.05) is 22.4 Å². The van der Waals surface area contributed by atoms with Crippen LogP contribution in [0.25, 0.3) is 0 Å². The second kappa shape index (κ2) is 8.96. The number of rotatable bonds is 6. The number of amides is 1. The smallest absolute Gasteiger partial charge is 0.264 e. The summed E-state index contributed by atoms with van der Waals surface area (Å²) in [6.07, 6.45) is 0.806. The summed E-state index contributed by atoms with van der Waals surface area (Å²) in [5.41, 5.74) is 4.64. The first kappa shape index (κ1) is 22.4. The highest BCUT2D eigenvalue weighted by Crippen LogP contribution is 2.30. The fourth-order valence-corrected chi connectivity index (χ4v) is 5.04. The van der Waals surface area contributed by atoms with E-state index in [-0.39, 0.29) is 17.4 Å². The van der Waals surface area contributed by atoms with Gasteiger partial charge in [-0.3, -0.25) is 9.52 Å². The summed E-state index contributed by atoms with van der Waals surface area (Å²) in [5, 5.41) is 0. The molecule has 1 aliphatic rings. The number of nitrogens with zero attached hydrogens (tertiary/aromatic N) is 1. The fraction of sp³-hybridized carbons (Fsp3) is 0.208. The van der Waals surface area contributed by atoms with Gasteiger partial charge >= 0.3 is 0 Å². The Kier molecular flexibility index (Phi) is 6.26. The van der Waals surface area contributed by atoms with E-state index in [0.717, 1.165) is 33.3 Å². The summed E-state index contributed by atoms with van der Waals surface area (Å²) in [6, 6.07) is 17.3. The van der Waals surface area contributed by atoms with Crippen molar-refractivity contribution in [3.8, 4) is 5.75 Å². The third-order valence-corrected chi connectivity index (χ3v) is 7.38. The van der Waals surface area contributed by atoms with Crippen molar-refractivity contribution in [2.24, 2.45) is 0 Å². The number of carbonyl (C=O) groups excluding carboxylic acids is 1. The molecule has 3 aromatic carbocycles. The molecule has 0 fully saturated rings. The summed E-state index contributed by atoms with van der Waals surface area (Å²) in [4.78, 5) is 14.5. The molecule has 0 unspecified atom stereocenters. The lowest BCUT2D eigenvalue weighted by molar-refractivity contribution is -0.120. The minimum absolute atomic E-state index is 0.119. The van der Waals surface area contributed by atoms with Crippen LogP contribution in [-0.2, 0) is 21.2 Å². The number of sulfonamides is 1. The van der Waals surface area contributed by atoms with Crippen LogP contribution in [0.15, 0.2) is 70.0 Å². The molecule has 0 saturated heterocycles. The minimum Gasteiger partial charge on any atom is -0.484 e. The zero-order chi connectivity index (χ0) is 22.9. The second-order valence-electron chi connectivity index (χ2n) is 7.73. The van der Waals surface area contributed by atoms with Crippen LogP contribution in [0.2, 0.25) is 0 Å². The second-order valence-corrected chi connectivity index (χ2v) is 10.3. The van der Waals surface area contributed by atoms with Gasteiger partial charge in [0.1, 0.15) is 5.75 Å². The lowest BCUT2D eigenvalue weighted by atomic mass is 10.1. The number of anilines is 2. The van der Waals surface area contributed by atoms with Gasteiger partial charge in [0.25, 0.3) is 15.9 Å². The molecule has 6 nitrogen and oxygen atoms in total. The van der Waals surface area contributed by atoms with E-state index < -0.39 is 10.0 Å². The molecule has 0 spiro atoms. The largest absolute Gasteiger partial charge is 0.484 e. The van der Waals surface area contributed by atoms with E-state index in [1.165, 1.54) is 12.1 Å². The van der Waals surface area contributed by atoms with Crippen LogP contribution < -0.4 is 14.4 Å². The van der Waals surface area contributed by atoms with Crippen LogP contribution in [-0.4, -0.2) is 27.5 Å². The highest BCUT2D eigenvalue weighted by atomic mass is 79.9. The molecule has 0 radical (unpaired) electrons. The van der Waals surface area contributed by atoms with Gasteiger partial charge in [0.05, 0.1) is 4.90 Å². The van der Waals surface area contributed by atoms with E-state index in [2.05, 4.69) is 20.7 Å². The number of nitrogens with one attached hydrogen (secondary N) is 1. The summed E-state index contributed by atoms with van der Waals surface area (Å²) < 4.78 is 34.5. The third-order valence-electron chi connectivity index (χ3n) is 5.49. The van der Waals surface area contributed by atoms with Gasteiger partial charge in [-0.1, -0.05) is 22.0 Å². The van der Waals surface area contributed by atoms with Crippen LogP contribution in [0, 0.1) is 13.8 Å². The van der Waals surface area contributed by atoms with Crippen LogP contribution in [0.3, 0.4) is 0 Å². The first-order valence-corrected chi connectivity index (χ1v) is 12.4. The highest BCUT2D eigenvalue weighted by molar-refractivity contribution is 9.10. The van der Waals surface area contributed by atoms with Gasteiger partial charge in [0.2, 0.25) is 0 Å². The van der Waals surface area contributed by atoms with E-state index in [1.807, 2.05) is 38.1 Å². The molecule has 32 heavy (non-hydrogen) atoms. The predicted molar refractivity (Wildman–Crippen MR) is 129 cm³/mol. The Labute approximate surface area is 196 Å². The van der Waals surface area contributed by atoms with Gasteiger partial charge in [-0.2, -0.15) is 0 Å². The standard InChI is InChI=1S/C24H23BrN2O4S/c1-16-3-5-20(13-17(16)2)26-32(29,30)22-8-6-21(7-9-22)31-15-24(28)27-12-11-18-14-19(25)4-10-23(18)27/h3-10,13-14,26H,11-12,15H2,1-2H3. The number of benzene rings is 3. The maximum atomic E-state index is 12.7. The third kappa shape index (κ3) is 4.81. The zero-order valence-electron chi connectivity index (χ0n) is 17.8. The van der Waals surface area contributed by atoms with Gasteiger partial charge < -0.3 is 9.64 Å². The van der Waals surface area contributed by atoms with E-state index in [9.17, 15) is 13.2 Å². The van der Waals surface area contributed by atoms with E-state index in [1.54, 1.807) is 29.2 Å². The number of carbonyl (C=O) groups is 1. The molecule has 1 heterocycles. The van der Waals surface area contributed by atoms with Crippen LogP contribution in [0.4, 0.5) is 11.4 Å². The number of ether oxygens (including phenoxy) is 1. The molecule has 8 heteroatoms. The normalized spacial score (nSPS) is 13.0. The van der Waals surface area contributed by atoms with Gasteiger partial charge in [-0.05, 0) is 91.6 Å². The van der Waals surface area contributed by atoms with E-state index in [4.69, 9.17) is 4.74 Å². The molecule has 0 atom stereocenters. The highest BCUT2D eigenvalue weighted by Gasteiger charge is 2.25. The average Bonchev–Trinajstić information content (AvgIpc) is 3.18. The summed E-state index contributed by atoms with van der Waals surface area (Å²) >= 11 is 3.45.